The molecule has 1 amide bonds. The lowest BCUT2D eigenvalue weighted by Crippen LogP contribution is -2.42. The monoisotopic (exact) mass is 359 g/mol. The minimum absolute atomic E-state index is 0.118. The molecule has 138 valence electrons. The molecule has 7 heteroatoms. The van der Waals surface area contributed by atoms with Gasteiger partial charge < -0.3 is 14.4 Å². The van der Waals surface area contributed by atoms with Crippen molar-refractivity contribution in [3.05, 3.63) is 53.4 Å². The van der Waals surface area contributed by atoms with Gasteiger partial charge in [0.15, 0.2) is 0 Å². The molecule has 1 aliphatic rings. The van der Waals surface area contributed by atoms with Gasteiger partial charge in [-0.3, -0.25) is 4.79 Å². The number of hydrogen-bond donors (Lipinski definition) is 0. The highest BCUT2D eigenvalue weighted by molar-refractivity contribution is 5.95. The van der Waals surface area contributed by atoms with Gasteiger partial charge in [0.05, 0.1) is 17.8 Å². The third kappa shape index (κ3) is 3.83. The molecule has 2 heterocycles. The summed E-state index contributed by atoms with van der Waals surface area (Å²) in [6.45, 7) is 4.77. The van der Waals surface area contributed by atoms with E-state index in [-0.39, 0.29) is 18.3 Å². The maximum Gasteiger partial charge on any atom is 0.257 e. The van der Waals surface area contributed by atoms with Crippen molar-refractivity contribution in [2.45, 2.75) is 25.9 Å². The lowest BCUT2D eigenvalue weighted by molar-refractivity contribution is -0.0343. The number of aryl methyl sites for hydroxylation is 2. The predicted octanol–water partition coefficient (Wildman–Crippen LogP) is 2.54. The summed E-state index contributed by atoms with van der Waals surface area (Å²) < 4.78 is 24.7. The molecule has 1 atom stereocenters. The zero-order chi connectivity index (χ0) is 18.7. The van der Waals surface area contributed by atoms with Gasteiger partial charge in [0.25, 0.3) is 5.91 Å². The standard InChI is InChI=1S/C19H22FN3O3/c1-13-17(10-21-14(2)22-13)18(24)23-8-7-19(11-23,25-3)12-26-16-6-4-5-15(20)9-16/h4-6,9-10H,7-8,11-12H2,1-3H3. The van der Waals surface area contributed by atoms with Gasteiger partial charge >= 0.3 is 0 Å². The second-order valence-electron chi connectivity index (χ2n) is 6.53. The molecule has 2 aromatic rings. The Morgan fingerprint density at radius 1 is 1.38 bits per heavy atom. The molecule has 1 aromatic heterocycles. The topological polar surface area (TPSA) is 64.6 Å². The number of ether oxygens (including phenoxy) is 2. The van der Waals surface area contributed by atoms with Crippen molar-refractivity contribution in [1.82, 2.24) is 14.9 Å². The fourth-order valence-electron chi connectivity index (χ4n) is 3.10. The van der Waals surface area contributed by atoms with E-state index in [9.17, 15) is 9.18 Å². The van der Waals surface area contributed by atoms with E-state index in [2.05, 4.69) is 9.97 Å². The van der Waals surface area contributed by atoms with Gasteiger partial charge in [0.1, 0.15) is 29.6 Å². The molecular weight excluding hydrogens is 337 g/mol. The van der Waals surface area contributed by atoms with Crippen LogP contribution in [-0.4, -0.2) is 53.2 Å². The molecule has 1 unspecified atom stereocenters. The highest BCUT2D eigenvalue weighted by Gasteiger charge is 2.41. The van der Waals surface area contributed by atoms with Crippen LogP contribution in [0, 0.1) is 19.7 Å². The Hall–Kier alpha value is -2.54. The molecule has 0 radical (unpaired) electrons. The van der Waals surface area contributed by atoms with Crippen molar-refractivity contribution in [3.63, 3.8) is 0 Å². The minimum Gasteiger partial charge on any atom is -0.490 e. The Balaban J connectivity index is 1.69. The molecule has 1 aromatic carbocycles. The Labute approximate surface area is 152 Å². The van der Waals surface area contributed by atoms with Crippen LogP contribution < -0.4 is 4.74 Å². The molecule has 0 bridgehead atoms. The summed E-state index contributed by atoms with van der Waals surface area (Å²) in [5.74, 6) is 0.600. The van der Waals surface area contributed by atoms with Crippen LogP contribution >= 0.6 is 0 Å². The van der Waals surface area contributed by atoms with Crippen LogP contribution in [0.3, 0.4) is 0 Å². The van der Waals surface area contributed by atoms with E-state index in [0.29, 0.717) is 42.3 Å². The van der Waals surface area contributed by atoms with Crippen LogP contribution in [0.25, 0.3) is 0 Å². The average molecular weight is 359 g/mol. The summed E-state index contributed by atoms with van der Waals surface area (Å²) in [4.78, 5) is 22.9. The number of carbonyl (C=O) groups is 1. The first-order chi connectivity index (χ1) is 12.4. The van der Waals surface area contributed by atoms with Gasteiger partial charge in [-0.25, -0.2) is 14.4 Å². The van der Waals surface area contributed by atoms with Gasteiger partial charge in [-0.1, -0.05) is 6.07 Å². The lowest BCUT2D eigenvalue weighted by Gasteiger charge is -2.28. The molecule has 0 N–H and O–H groups in total. The summed E-state index contributed by atoms with van der Waals surface area (Å²) in [5, 5.41) is 0. The van der Waals surface area contributed by atoms with E-state index < -0.39 is 5.60 Å². The van der Waals surface area contributed by atoms with E-state index in [1.165, 1.54) is 12.1 Å². The molecule has 3 rings (SSSR count). The minimum atomic E-state index is -0.624. The van der Waals surface area contributed by atoms with Crippen LogP contribution in [0.1, 0.15) is 28.3 Å². The number of amides is 1. The van der Waals surface area contributed by atoms with Crippen LogP contribution in [-0.2, 0) is 4.74 Å². The molecular formula is C19H22FN3O3. The maximum absolute atomic E-state index is 13.3. The first-order valence-corrected chi connectivity index (χ1v) is 8.45. The Kier molecular flexibility index (Phi) is 5.18. The van der Waals surface area contributed by atoms with Crippen molar-refractivity contribution in [1.29, 1.82) is 0 Å². The summed E-state index contributed by atoms with van der Waals surface area (Å²) in [6.07, 6.45) is 2.20. The molecule has 1 saturated heterocycles. The Morgan fingerprint density at radius 2 is 2.19 bits per heavy atom. The number of likely N-dealkylation sites (tertiary alicyclic amines) is 1. The molecule has 0 aliphatic carbocycles. The van der Waals surface area contributed by atoms with Crippen molar-refractivity contribution < 1.29 is 18.7 Å². The number of benzene rings is 1. The third-order valence-electron chi connectivity index (χ3n) is 4.66. The largest absolute Gasteiger partial charge is 0.490 e. The number of halogens is 1. The number of aromatic nitrogens is 2. The zero-order valence-corrected chi connectivity index (χ0v) is 15.2. The van der Waals surface area contributed by atoms with Crippen molar-refractivity contribution >= 4 is 5.91 Å². The number of methoxy groups -OCH3 is 1. The molecule has 1 aliphatic heterocycles. The van der Waals surface area contributed by atoms with E-state index in [0.717, 1.165) is 0 Å². The summed E-state index contributed by atoms with van der Waals surface area (Å²) in [6, 6.07) is 5.97. The lowest BCUT2D eigenvalue weighted by atomic mass is 10.0. The van der Waals surface area contributed by atoms with Crippen LogP contribution in [0.2, 0.25) is 0 Å². The number of nitrogens with zero attached hydrogens (tertiary/aromatic N) is 3. The van der Waals surface area contributed by atoms with E-state index in [1.807, 2.05) is 0 Å². The van der Waals surface area contributed by atoms with Gasteiger partial charge in [0, 0.05) is 25.9 Å². The quantitative estimate of drug-likeness (QED) is 0.821. The normalized spacial score (nSPS) is 19.6. The predicted molar refractivity (Wildman–Crippen MR) is 93.7 cm³/mol. The van der Waals surface area contributed by atoms with Gasteiger partial charge in [-0.05, 0) is 32.4 Å². The van der Waals surface area contributed by atoms with E-state index in [1.54, 1.807) is 44.2 Å². The van der Waals surface area contributed by atoms with Gasteiger partial charge in [0.2, 0.25) is 0 Å². The van der Waals surface area contributed by atoms with Crippen molar-refractivity contribution in [2.75, 3.05) is 26.8 Å². The van der Waals surface area contributed by atoms with Crippen LogP contribution in [0.15, 0.2) is 30.5 Å². The van der Waals surface area contributed by atoms with Crippen molar-refractivity contribution in [2.24, 2.45) is 0 Å². The van der Waals surface area contributed by atoms with Gasteiger partial charge in [-0.2, -0.15) is 0 Å². The first-order valence-electron chi connectivity index (χ1n) is 8.45. The van der Waals surface area contributed by atoms with Crippen molar-refractivity contribution in [3.8, 4) is 5.75 Å². The molecule has 0 saturated carbocycles. The summed E-state index contributed by atoms with van der Waals surface area (Å²) >= 11 is 0. The summed E-state index contributed by atoms with van der Waals surface area (Å²) in [7, 11) is 1.60. The molecule has 1 fully saturated rings. The van der Waals surface area contributed by atoms with Gasteiger partial charge in [-0.15, -0.1) is 0 Å². The van der Waals surface area contributed by atoms with Crippen LogP contribution in [0.4, 0.5) is 4.39 Å². The third-order valence-corrected chi connectivity index (χ3v) is 4.66. The Morgan fingerprint density at radius 3 is 2.88 bits per heavy atom. The number of carbonyl (C=O) groups excluding carboxylic acids is 1. The second-order valence-corrected chi connectivity index (χ2v) is 6.53. The second kappa shape index (κ2) is 7.37. The highest BCUT2D eigenvalue weighted by Crippen LogP contribution is 2.28. The average Bonchev–Trinajstić information content (AvgIpc) is 3.05. The van der Waals surface area contributed by atoms with E-state index >= 15 is 0 Å². The van der Waals surface area contributed by atoms with E-state index in [4.69, 9.17) is 9.47 Å². The fourth-order valence-corrected chi connectivity index (χ4v) is 3.10. The fraction of sp³-hybridized carbons (Fsp3) is 0.421. The summed E-state index contributed by atoms with van der Waals surface area (Å²) in [5.41, 5.74) is 0.531. The molecule has 6 nitrogen and oxygen atoms in total. The Bertz CT molecular complexity index is 814. The number of hydrogen-bond acceptors (Lipinski definition) is 5. The number of rotatable bonds is 5. The zero-order valence-electron chi connectivity index (χ0n) is 15.2. The molecule has 0 spiro atoms. The van der Waals surface area contributed by atoms with Crippen LogP contribution in [0.5, 0.6) is 5.75 Å². The SMILES string of the molecule is COC1(COc2cccc(F)c2)CCN(C(=O)c2cnc(C)nc2C)C1. The smallest absolute Gasteiger partial charge is 0.257 e. The first kappa shape index (κ1) is 18.3. The highest BCUT2D eigenvalue weighted by atomic mass is 19.1. The maximum atomic E-state index is 13.3. The molecule has 26 heavy (non-hydrogen) atoms.